The second-order valence-corrected chi connectivity index (χ2v) is 6.62. The molecule has 3 aromatic rings. The molecule has 0 saturated heterocycles. The number of nitrogens with two attached hydrogens (primary N) is 1. The van der Waals surface area contributed by atoms with Crippen molar-refractivity contribution in [2.45, 2.75) is 12.5 Å². The second kappa shape index (κ2) is 9.66. The highest BCUT2D eigenvalue weighted by Crippen LogP contribution is 2.18. The van der Waals surface area contributed by atoms with Crippen LogP contribution in [0.5, 0.6) is 0 Å². The molecule has 0 spiro atoms. The van der Waals surface area contributed by atoms with E-state index in [4.69, 9.17) is 27.5 Å². The van der Waals surface area contributed by atoms with Crippen molar-refractivity contribution in [2.75, 3.05) is 17.7 Å². The molecule has 0 aliphatic carbocycles. The lowest BCUT2D eigenvalue weighted by molar-refractivity contribution is -0.141. The molecule has 1 unspecified atom stereocenters. The highest BCUT2D eigenvalue weighted by Gasteiger charge is 2.21. The Morgan fingerprint density at radius 1 is 1.10 bits per heavy atom. The molecular formula is C20H20ClN7O2. The highest BCUT2D eigenvalue weighted by atomic mass is 35.5. The van der Waals surface area contributed by atoms with Crippen molar-refractivity contribution in [1.29, 1.82) is 5.41 Å². The first kappa shape index (κ1) is 21.0. The maximum absolute atomic E-state index is 12.2. The largest absolute Gasteiger partial charge is 0.467 e. The fourth-order valence-electron chi connectivity index (χ4n) is 2.67. The number of hydrogen-bond acceptors (Lipinski definition) is 8. The minimum Gasteiger partial charge on any atom is -0.467 e. The summed E-state index contributed by atoms with van der Waals surface area (Å²) in [6, 6.07) is 15.6. The zero-order valence-corrected chi connectivity index (χ0v) is 16.8. The SMILES string of the molecule is COC(=O)C(Cc1ccccc1)Nc1nc(Cl)nc(Nc2ccc(C(=N)N)cc2)n1. The van der Waals surface area contributed by atoms with Crippen LogP contribution in [0, 0.1) is 5.41 Å². The van der Waals surface area contributed by atoms with Gasteiger partial charge in [-0.2, -0.15) is 15.0 Å². The third-order valence-corrected chi connectivity index (χ3v) is 4.30. The first-order valence-corrected chi connectivity index (χ1v) is 9.33. The van der Waals surface area contributed by atoms with E-state index in [-0.39, 0.29) is 23.0 Å². The van der Waals surface area contributed by atoms with Gasteiger partial charge in [-0.15, -0.1) is 0 Å². The van der Waals surface area contributed by atoms with Crippen LogP contribution in [-0.4, -0.2) is 39.9 Å². The van der Waals surface area contributed by atoms with Crippen LogP contribution < -0.4 is 16.4 Å². The van der Waals surface area contributed by atoms with Crippen LogP contribution in [0.15, 0.2) is 54.6 Å². The average molecular weight is 426 g/mol. The summed E-state index contributed by atoms with van der Waals surface area (Å²) >= 11 is 6.04. The standard InChI is InChI=1S/C20H20ClN7O2/c1-30-17(29)15(11-12-5-3-2-4-6-12)25-20-27-18(21)26-19(28-20)24-14-9-7-13(8-10-14)16(22)23/h2-10,15H,11H2,1H3,(H3,22,23)(H2,24,25,26,27,28). The molecule has 0 saturated carbocycles. The van der Waals surface area contributed by atoms with Crippen LogP contribution in [0.2, 0.25) is 5.28 Å². The minimum atomic E-state index is -0.710. The number of methoxy groups -OCH3 is 1. The third kappa shape index (κ3) is 5.65. The van der Waals surface area contributed by atoms with E-state index in [1.54, 1.807) is 24.3 Å². The Kier molecular flexibility index (Phi) is 6.76. The number of benzene rings is 2. The van der Waals surface area contributed by atoms with E-state index >= 15 is 0 Å². The summed E-state index contributed by atoms with van der Waals surface area (Å²) in [4.78, 5) is 24.6. The Morgan fingerprint density at radius 2 is 1.77 bits per heavy atom. The van der Waals surface area contributed by atoms with Crippen LogP contribution in [0.4, 0.5) is 17.6 Å². The van der Waals surface area contributed by atoms with E-state index in [1.165, 1.54) is 7.11 Å². The number of anilines is 3. The highest BCUT2D eigenvalue weighted by molar-refractivity contribution is 6.28. The molecule has 0 amide bonds. The third-order valence-electron chi connectivity index (χ3n) is 4.13. The van der Waals surface area contributed by atoms with E-state index in [0.717, 1.165) is 5.56 Å². The summed E-state index contributed by atoms with van der Waals surface area (Å²) < 4.78 is 4.89. The number of carbonyl (C=O) groups excluding carboxylic acids is 1. The van der Waals surface area contributed by atoms with Gasteiger partial charge in [0, 0.05) is 17.7 Å². The van der Waals surface area contributed by atoms with E-state index in [2.05, 4.69) is 25.6 Å². The molecule has 0 aliphatic heterocycles. The van der Waals surface area contributed by atoms with Gasteiger partial charge in [0.2, 0.25) is 17.2 Å². The summed E-state index contributed by atoms with van der Waals surface area (Å²) in [5, 5.41) is 13.4. The first-order chi connectivity index (χ1) is 14.4. The second-order valence-electron chi connectivity index (χ2n) is 6.28. The van der Waals surface area contributed by atoms with Crippen LogP contribution in [-0.2, 0) is 16.0 Å². The van der Waals surface area contributed by atoms with E-state index < -0.39 is 12.0 Å². The van der Waals surface area contributed by atoms with Crippen LogP contribution in [0.1, 0.15) is 11.1 Å². The summed E-state index contributed by atoms with van der Waals surface area (Å²) in [7, 11) is 1.32. The monoisotopic (exact) mass is 425 g/mol. The topological polar surface area (TPSA) is 139 Å². The maximum atomic E-state index is 12.2. The Balaban J connectivity index is 1.78. The van der Waals surface area contributed by atoms with Crippen LogP contribution >= 0.6 is 11.6 Å². The molecule has 0 bridgehead atoms. The Morgan fingerprint density at radius 3 is 2.40 bits per heavy atom. The van der Waals surface area contributed by atoms with Gasteiger partial charge >= 0.3 is 5.97 Å². The lowest BCUT2D eigenvalue weighted by Gasteiger charge is -2.17. The van der Waals surface area contributed by atoms with Gasteiger partial charge in [-0.3, -0.25) is 5.41 Å². The number of nitrogens with one attached hydrogen (secondary N) is 3. The number of hydrogen-bond donors (Lipinski definition) is 4. The molecule has 9 nitrogen and oxygen atoms in total. The fourth-order valence-corrected chi connectivity index (χ4v) is 2.83. The number of rotatable bonds is 8. The van der Waals surface area contributed by atoms with Gasteiger partial charge in [0.25, 0.3) is 0 Å². The molecule has 3 rings (SSSR count). The van der Waals surface area contributed by atoms with Crippen molar-refractivity contribution in [3.63, 3.8) is 0 Å². The quantitative estimate of drug-likeness (QED) is 0.245. The summed E-state index contributed by atoms with van der Waals surface area (Å²) in [5.41, 5.74) is 7.67. The van der Waals surface area contributed by atoms with Gasteiger partial charge in [0.15, 0.2) is 0 Å². The smallest absolute Gasteiger partial charge is 0.328 e. The lowest BCUT2D eigenvalue weighted by Crippen LogP contribution is -2.33. The normalized spacial score (nSPS) is 11.4. The Hall–Kier alpha value is -3.72. The van der Waals surface area contributed by atoms with Crippen molar-refractivity contribution < 1.29 is 9.53 Å². The number of amidine groups is 1. The predicted molar refractivity (Wildman–Crippen MR) is 115 cm³/mol. The van der Waals surface area contributed by atoms with Gasteiger partial charge in [-0.1, -0.05) is 30.3 Å². The van der Waals surface area contributed by atoms with Crippen LogP contribution in [0.25, 0.3) is 0 Å². The number of halogens is 1. The van der Waals surface area contributed by atoms with Crippen molar-refractivity contribution in [1.82, 2.24) is 15.0 Å². The number of carbonyl (C=O) groups is 1. The van der Waals surface area contributed by atoms with Gasteiger partial charge < -0.3 is 21.1 Å². The molecule has 0 radical (unpaired) electrons. The average Bonchev–Trinajstić information content (AvgIpc) is 2.73. The van der Waals surface area contributed by atoms with E-state index in [9.17, 15) is 4.79 Å². The number of ether oxygens (including phenoxy) is 1. The molecule has 0 aliphatic rings. The molecule has 30 heavy (non-hydrogen) atoms. The van der Waals surface area contributed by atoms with Gasteiger partial charge in [0.1, 0.15) is 11.9 Å². The molecule has 5 N–H and O–H groups in total. The molecule has 1 aromatic heterocycles. The van der Waals surface area contributed by atoms with Gasteiger partial charge in [-0.25, -0.2) is 4.79 Å². The molecule has 154 valence electrons. The Bertz CT molecular complexity index is 1030. The first-order valence-electron chi connectivity index (χ1n) is 8.96. The van der Waals surface area contributed by atoms with Crippen molar-refractivity contribution >= 4 is 41.0 Å². The van der Waals surface area contributed by atoms with Crippen molar-refractivity contribution in [3.8, 4) is 0 Å². The van der Waals surface area contributed by atoms with Crippen molar-refractivity contribution in [3.05, 3.63) is 71.0 Å². The zero-order chi connectivity index (χ0) is 21.5. The lowest BCUT2D eigenvalue weighted by atomic mass is 10.1. The number of nitrogen functional groups attached to an aromatic ring is 1. The molecule has 2 aromatic carbocycles. The fraction of sp³-hybridized carbons (Fsp3) is 0.150. The summed E-state index contributed by atoms with van der Waals surface area (Å²) in [6.07, 6.45) is 0.381. The summed E-state index contributed by atoms with van der Waals surface area (Å²) in [5.74, 6) is -0.159. The predicted octanol–water partition coefficient (Wildman–Crippen LogP) is 2.75. The molecule has 1 atom stereocenters. The van der Waals surface area contributed by atoms with Gasteiger partial charge in [0.05, 0.1) is 7.11 Å². The van der Waals surface area contributed by atoms with Crippen LogP contribution in [0.3, 0.4) is 0 Å². The number of esters is 1. The summed E-state index contributed by atoms with van der Waals surface area (Å²) in [6.45, 7) is 0. The molecular weight excluding hydrogens is 406 g/mol. The van der Waals surface area contributed by atoms with E-state index in [0.29, 0.717) is 17.7 Å². The Labute approximate surface area is 178 Å². The van der Waals surface area contributed by atoms with Gasteiger partial charge in [-0.05, 0) is 41.4 Å². The molecule has 10 heteroatoms. The zero-order valence-electron chi connectivity index (χ0n) is 16.1. The maximum Gasteiger partial charge on any atom is 0.328 e. The minimum absolute atomic E-state index is 0.0245. The molecule has 0 fully saturated rings. The van der Waals surface area contributed by atoms with E-state index in [1.807, 2.05) is 30.3 Å². The number of aromatic nitrogens is 3. The number of nitrogens with zero attached hydrogens (tertiary/aromatic N) is 3. The molecule has 1 heterocycles. The van der Waals surface area contributed by atoms with Crippen molar-refractivity contribution in [2.24, 2.45) is 5.73 Å².